The van der Waals surface area contributed by atoms with E-state index in [1.165, 1.54) is 6.07 Å². The van der Waals surface area contributed by atoms with Gasteiger partial charge in [0.15, 0.2) is 0 Å². The van der Waals surface area contributed by atoms with Crippen molar-refractivity contribution in [1.29, 1.82) is 0 Å². The number of fused-ring (bicyclic) bond motifs is 1. The zero-order chi connectivity index (χ0) is 10.8. The summed E-state index contributed by atoms with van der Waals surface area (Å²) in [6.07, 6.45) is 3.29. The molecule has 0 aliphatic rings. The molecule has 2 aromatic heterocycles. The first-order valence-corrected chi connectivity index (χ1v) is 4.59. The highest BCUT2D eigenvalue weighted by molar-refractivity contribution is 5.96. The van der Waals surface area contributed by atoms with Crippen LogP contribution in [-0.4, -0.2) is 22.0 Å². The van der Waals surface area contributed by atoms with Crippen molar-refractivity contribution < 1.29 is 9.53 Å². The second kappa shape index (κ2) is 3.61. The number of hydrogen-bond donors (Lipinski definition) is 1. The lowest BCUT2D eigenvalue weighted by Gasteiger charge is -1.99. The lowest BCUT2D eigenvalue weighted by Crippen LogP contribution is -2.09. The Balaban J connectivity index is 2.57. The van der Waals surface area contributed by atoms with Gasteiger partial charge in [0.05, 0.1) is 6.61 Å². The molecule has 15 heavy (non-hydrogen) atoms. The molecule has 0 atom stereocenters. The lowest BCUT2D eigenvalue weighted by atomic mass is 10.3. The third-order valence-electron chi connectivity index (χ3n) is 2.04. The van der Waals surface area contributed by atoms with E-state index in [0.29, 0.717) is 17.8 Å². The monoisotopic (exact) mass is 206 g/mol. The topological polar surface area (TPSA) is 63.6 Å². The zero-order valence-electron chi connectivity index (χ0n) is 8.19. The molecule has 0 bridgehead atoms. The van der Waals surface area contributed by atoms with Gasteiger partial charge in [-0.3, -0.25) is 4.79 Å². The van der Waals surface area contributed by atoms with Gasteiger partial charge in [-0.15, -0.1) is 0 Å². The zero-order valence-corrected chi connectivity index (χ0v) is 8.19. The molecule has 5 heteroatoms. The molecule has 0 aliphatic heterocycles. The van der Waals surface area contributed by atoms with Gasteiger partial charge in [-0.25, -0.2) is 4.79 Å². The lowest BCUT2D eigenvalue weighted by molar-refractivity contribution is 0.0528. The third kappa shape index (κ3) is 1.63. The van der Waals surface area contributed by atoms with Crippen LogP contribution in [0.3, 0.4) is 0 Å². The van der Waals surface area contributed by atoms with E-state index < -0.39 is 5.97 Å². The summed E-state index contributed by atoms with van der Waals surface area (Å²) in [7, 11) is 0. The Bertz CT molecular complexity index is 553. The van der Waals surface area contributed by atoms with Crippen molar-refractivity contribution in [2.45, 2.75) is 6.92 Å². The minimum atomic E-state index is -0.429. The minimum absolute atomic E-state index is 0.244. The van der Waals surface area contributed by atoms with Crippen LogP contribution < -0.4 is 5.56 Å². The average molecular weight is 206 g/mol. The smallest absolute Gasteiger partial charge is 0.341 e. The summed E-state index contributed by atoms with van der Waals surface area (Å²) >= 11 is 0. The summed E-state index contributed by atoms with van der Waals surface area (Å²) in [6.45, 7) is 2.05. The van der Waals surface area contributed by atoms with Gasteiger partial charge in [0.2, 0.25) is 0 Å². The molecule has 2 aromatic rings. The maximum absolute atomic E-state index is 11.5. The second-order valence-corrected chi connectivity index (χ2v) is 3.01. The molecule has 0 spiro atoms. The van der Waals surface area contributed by atoms with E-state index in [-0.39, 0.29) is 5.56 Å². The van der Waals surface area contributed by atoms with E-state index in [1.54, 1.807) is 29.8 Å². The van der Waals surface area contributed by atoms with Gasteiger partial charge in [-0.1, -0.05) is 0 Å². The molecule has 0 aromatic carbocycles. The number of carbonyl (C=O) groups excluding carboxylic acids is 1. The number of aromatic nitrogens is 2. The molecule has 0 amide bonds. The summed E-state index contributed by atoms with van der Waals surface area (Å²) in [4.78, 5) is 25.2. The molecule has 5 nitrogen and oxygen atoms in total. The van der Waals surface area contributed by atoms with Gasteiger partial charge in [0, 0.05) is 18.5 Å². The number of nitrogens with zero attached hydrogens (tertiary/aromatic N) is 1. The molecule has 0 unspecified atom stereocenters. The predicted molar refractivity (Wildman–Crippen MR) is 54.0 cm³/mol. The maximum atomic E-state index is 11.5. The van der Waals surface area contributed by atoms with Crippen LogP contribution in [0.25, 0.3) is 5.65 Å². The van der Waals surface area contributed by atoms with Gasteiger partial charge < -0.3 is 14.1 Å². The Morgan fingerprint density at radius 1 is 1.47 bits per heavy atom. The standard InChI is InChI=1S/C10H10N2O3/c1-2-15-10(14)7-3-5-12-6-4-8(13)11-9(7)12/h3-6H,2H2,1H3,(H,11,13). The fourth-order valence-electron chi connectivity index (χ4n) is 1.38. The summed E-state index contributed by atoms with van der Waals surface area (Å²) in [5, 5.41) is 0. The number of nitrogens with one attached hydrogen (secondary N) is 1. The third-order valence-corrected chi connectivity index (χ3v) is 2.04. The highest BCUT2D eigenvalue weighted by Gasteiger charge is 2.12. The normalized spacial score (nSPS) is 10.5. The largest absolute Gasteiger partial charge is 0.462 e. The number of carbonyl (C=O) groups is 1. The van der Waals surface area contributed by atoms with Crippen LogP contribution in [0, 0.1) is 0 Å². The van der Waals surface area contributed by atoms with Crippen LogP contribution in [0.5, 0.6) is 0 Å². The van der Waals surface area contributed by atoms with E-state index in [2.05, 4.69) is 4.98 Å². The number of H-pyrrole nitrogens is 1. The number of aromatic amines is 1. The van der Waals surface area contributed by atoms with Gasteiger partial charge in [0.25, 0.3) is 5.56 Å². The molecule has 0 saturated carbocycles. The Morgan fingerprint density at radius 2 is 2.20 bits per heavy atom. The second-order valence-electron chi connectivity index (χ2n) is 3.01. The average Bonchev–Trinajstić information content (AvgIpc) is 2.60. The molecule has 0 aliphatic carbocycles. The Morgan fingerprint density at radius 3 is 2.93 bits per heavy atom. The first-order valence-electron chi connectivity index (χ1n) is 4.59. The van der Waals surface area contributed by atoms with Crippen LogP contribution in [0.2, 0.25) is 0 Å². The maximum Gasteiger partial charge on any atom is 0.341 e. The number of ether oxygens (including phenoxy) is 1. The first-order chi connectivity index (χ1) is 7.22. The quantitative estimate of drug-likeness (QED) is 0.739. The fourth-order valence-corrected chi connectivity index (χ4v) is 1.38. The van der Waals surface area contributed by atoms with E-state index in [1.807, 2.05) is 0 Å². The number of hydrogen-bond acceptors (Lipinski definition) is 3. The van der Waals surface area contributed by atoms with Crippen molar-refractivity contribution in [2.24, 2.45) is 0 Å². The van der Waals surface area contributed by atoms with Crippen molar-refractivity contribution in [2.75, 3.05) is 6.61 Å². The highest BCUT2D eigenvalue weighted by Crippen LogP contribution is 2.09. The Hall–Kier alpha value is -2.04. The van der Waals surface area contributed by atoms with E-state index in [9.17, 15) is 9.59 Å². The molecule has 78 valence electrons. The molecular weight excluding hydrogens is 196 g/mol. The molecular formula is C10H10N2O3. The minimum Gasteiger partial charge on any atom is -0.462 e. The summed E-state index contributed by atoms with van der Waals surface area (Å²) in [5.41, 5.74) is 0.585. The highest BCUT2D eigenvalue weighted by atomic mass is 16.5. The molecule has 1 N–H and O–H groups in total. The molecule has 0 radical (unpaired) electrons. The van der Waals surface area contributed by atoms with E-state index >= 15 is 0 Å². The first kappa shape index (κ1) is 9.51. The van der Waals surface area contributed by atoms with Gasteiger partial charge in [-0.05, 0) is 13.0 Å². The fraction of sp³-hybridized carbons (Fsp3) is 0.200. The van der Waals surface area contributed by atoms with Crippen LogP contribution in [-0.2, 0) is 4.74 Å². The van der Waals surface area contributed by atoms with Crippen molar-refractivity contribution in [3.63, 3.8) is 0 Å². The molecule has 2 heterocycles. The van der Waals surface area contributed by atoms with Gasteiger partial charge in [0.1, 0.15) is 11.2 Å². The van der Waals surface area contributed by atoms with Crippen molar-refractivity contribution in [3.8, 4) is 0 Å². The predicted octanol–water partition coefficient (Wildman–Crippen LogP) is 0.804. The molecule has 2 rings (SSSR count). The Kier molecular flexibility index (Phi) is 2.29. The molecule has 0 saturated heterocycles. The SMILES string of the molecule is CCOC(=O)c1ccn2ccc(=O)[nH]c12. The van der Waals surface area contributed by atoms with Crippen LogP contribution in [0.4, 0.5) is 0 Å². The van der Waals surface area contributed by atoms with Crippen molar-refractivity contribution >= 4 is 11.6 Å². The number of rotatable bonds is 2. The summed E-state index contributed by atoms with van der Waals surface area (Å²) in [5.74, 6) is -0.429. The van der Waals surface area contributed by atoms with Crippen molar-refractivity contribution in [3.05, 3.63) is 40.4 Å². The van der Waals surface area contributed by atoms with Crippen molar-refractivity contribution in [1.82, 2.24) is 9.38 Å². The van der Waals surface area contributed by atoms with E-state index in [4.69, 9.17) is 4.74 Å². The van der Waals surface area contributed by atoms with Gasteiger partial charge in [-0.2, -0.15) is 0 Å². The van der Waals surface area contributed by atoms with Crippen LogP contribution in [0.15, 0.2) is 29.3 Å². The van der Waals surface area contributed by atoms with Gasteiger partial charge >= 0.3 is 5.97 Å². The molecule has 0 fully saturated rings. The Labute approximate surface area is 85.3 Å². The summed E-state index contributed by atoms with van der Waals surface area (Å²) < 4.78 is 6.52. The number of esters is 1. The van der Waals surface area contributed by atoms with Crippen LogP contribution in [0.1, 0.15) is 17.3 Å². The van der Waals surface area contributed by atoms with Crippen LogP contribution >= 0.6 is 0 Å². The van der Waals surface area contributed by atoms with E-state index in [0.717, 1.165) is 0 Å². The summed E-state index contributed by atoms with van der Waals surface area (Å²) in [6, 6.07) is 3.01.